The summed E-state index contributed by atoms with van der Waals surface area (Å²) in [5.74, 6) is -0.253. The maximum atomic E-state index is 11.7. The molecule has 0 saturated carbocycles. The first-order chi connectivity index (χ1) is 14.8. The lowest BCUT2D eigenvalue weighted by molar-refractivity contribution is 0.0694. The average Bonchev–Trinajstić information content (AvgIpc) is 2.71. The van der Waals surface area contributed by atoms with Gasteiger partial charge in [0.05, 0.1) is 11.7 Å². The van der Waals surface area contributed by atoms with E-state index in [9.17, 15) is 9.90 Å². The Kier molecular flexibility index (Phi) is 9.84. The number of carboxylic acid groups (broad SMARTS) is 1. The minimum atomic E-state index is -0.912. The molecule has 2 aromatic rings. The standard InChI is InChI=1S/C28H38O3/c1-6-7-8-9-10-12-23-15-17-24(18-16-23)13-11-14-25-19-21(4)26(28(29)30)22(5)27(25)31-20(2)3/h11,14-20H,6-10,12-13H2,1-5H3,(H,29,30). The molecule has 168 valence electrons. The van der Waals surface area contributed by atoms with Crippen LogP contribution >= 0.6 is 0 Å². The first-order valence-electron chi connectivity index (χ1n) is 11.6. The van der Waals surface area contributed by atoms with Gasteiger partial charge in [0.25, 0.3) is 0 Å². The molecule has 0 fully saturated rings. The Labute approximate surface area is 188 Å². The number of hydrogen-bond donors (Lipinski definition) is 1. The second-order valence-electron chi connectivity index (χ2n) is 8.67. The number of benzene rings is 2. The van der Waals surface area contributed by atoms with E-state index in [1.165, 1.54) is 43.2 Å². The van der Waals surface area contributed by atoms with Crippen molar-refractivity contribution in [2.24, 2.45) is 0 Å². The largest absolute Gasteiger partial charge is 0.490 e. The molecule has 2 aromatic carbocycles. The van der Waals surface area contributed by atoms with Gasteiger partial charge in [-0.05, 0) is 69.7 Å². The van der Waals surface area contributed by atoms with Crippen LogP contribution < -0.4 is 4.74 Å². The summed E-state index contributed by atoms with van der Waals surface area (Å²) in [5.41, 5.74) is 5.38. The van der Waals surface area contributed by atoms with Crippen molar-refractivity contribution in [3.05, 3.63) is 69.8 Å². The molecule has 0 amide bonds. The summed E-state index contributed by atoms with van der Waals surface area (Å²) in [4.78, 5) is 11.7. The quantitative estimate of drug-likeness (QED) is 0.359. The van der Waals surface area contributed by atoms with Gasteiger partial charge >= 0.3 is 5.97 Å². The molecule has 3 nitrogen and oxygen atoms in total. The number of carboxylic acids is 1. The molecule has 1 N–H and O–H groups in total. The van der Waals surface area contributed by atoms with E-state index in [2.05, 4.69) is 37.3 Å². The van der Waals surface area contributed by atoms with Gasteiger partial charge in [-0.15, -0.1) is 0 Å². The van der Waals surface area contributed by atoms with Crippen LogP contribution in [0.15, 0.2) is 36.4 Å². The summed E-state index contributed by atoms with van der Waals surface area (Å²) in [5, 5.41) is 9.56. The van der Waals surface area contributed by atoms with E-state index in [1.54, 1.807) is 0 Å². The van der Waals surface area contributed by atoms with Crippen molar-refractivity contribution in [3.8, 4) is 5.75 Å². The van der Waals surface area contributed by atoms with E-state index in [1.807, 2.05) is 39.8 Å². The summed E-state index contributed by atoms with van der Waals surface area (Å²) >= 11 is 0. The Balaban J connectivity index is 2.07. The van der Waals surface area contributed by atoms with E-state index in [4.69, 9.17) is 4.74 Å². The molecular weight excluding hydrogens is 384 g/mol. The van der Waals surface area contributed by atoms with Crippen LogP contribution in [-0.4, -0.2) is 17.2 Å². The molecule has 0 saturated heterocycles. The summed E-state index contributed by atoms with van der Waals surface area (Å²) in [6, 6.07) is 10.8. The summed E-state index contributed by atoms with van der Waals surface area (Å²) in [7, 11) is 0. The highest BCUT2D eigenvalue weighted by Gasteiger charge is 2.18. The second kappa shape index (κ2) is 12.3. The van der Waals surface area contributed by atoms with Gasteiger partial charge in [-0.1, -0.05) is 69.0 Å². The fourth-order valence-electron chi connectivity index (χ4n) is 3.94. The fourth-order valence-corrected chi connectivity index (χ4v) is 3.94. The van der Waals surface area contributed by atoms with E-state index < -0.39 is 5.97 Å². The zero-order chi connectivity index (χ0) is 22.8. The van der Waals surface area contributed by atoms with Gasteiger partial charge in [0.2, 0.25) is 0 Å². The van der Waals surface area contributed by atoms with Crippen LogP contribution in [0.5, 0.6) is 5.75 Å². The SMILES string of the molecule is CCCCCCCc1ccc(CC=Cc2cc(C)c(C(=O)O)c(C)c2OC(C)C)cc1. The summed E-state index contributed by atoms with van der Waals surface area (Å²) < 4.78 is 5.99. The molecule has 0 aromatic heterocycles. The molecule has 0 atom stereocenters. The number of hydrogen-bond acceptors (Lipinski definition) is 2. The number of carbonyl (C=O) groups is 1. The third-order valence-electron chi connectivity index (χ3n) is 5.55. The van der Waals surface area contributed by atoms with Crippen molar-refractivity contribution in [3.63, 3.8) is 0 Å². The summed E-state index contributed by atoms with van der Waals surface area (Å²) in [6.45, 7) is 9.83. The summed E-state index contributed by atoms with van der Waals surface area (Å²) in [6.07, 6.45) is 12.7. The second-order valence-corrected chi connectivity index (χ2v) is 8.67. The van der Waals surface area contributed by atoms with Gasteiger partial charge in [-0.3, -0.25) is 0 Å². The molecule has 0 aliphatic heterocycles. The highest BCUT2D eigenvalue weighted by Crippen LogP contribution is 2.31. The lowest BCUT2D eigenvalue weighted by Gasteiger charge is -2.18. The monoisotopic (exact) mass is 422 g/mol. The molecule has 0 radical (unpaired) electrons. The van der Waals surface area contributed by atoms with Gasteiger partial charge in [0.15, 0.2) is 0 Å². The lowest BCUT2D eigenvalue weighted by atomic mass is 9.97. The zero-order valence-electron chi connectivity index (χ0n) is 19.8. The Morgan fingerprint density at radius 3 is 2.29 bits per heavy atom. The van der Waals surface area contributed by atoms with Crippen LogP contribution in [0.25, 0.3) is 6.08 Å². The minimum Gasteiger partial charge on any atom is -0.490 e. The van der Waals surface area contributed by atoms with Crippen LogP contribution in [0.1, 0.15) is 91.1 Å². The van der Waals surface area contributed by atoms with Crippen molar-refractivity contribution in [1.82, 2.24) is 0 Å². The van der Waals surface area contributed by atoms with Gasteiger partial charge in [0.1, 0.15) is 5.75 Å². The van der Waals surface area contributed by atoms with E-state index in [0.29, 0.717) is 16.9 Å². The normalized spacial score (nSPS) is 11.4. The molecule has 3 heteroatoms. The van der Waals surface area contributed by atoms with Crippen molar-refractivity contribution in [1.29, 1.82) is 0 Å². The third-order valence-corrected chi connectivity index (χ3v) is 5.55. The molecule has 0 bridgehead atoms. The van der Waals surface area contributed by atoms with Crippen molar-refractivity contribution >= 4 is 12.0 Å². The number of allylic oxidation sites excluding steroid dienone is 1. The molecule has 31 heavy (non-hydrogen) atoms. The first kappa shape index (κ1) is 24.7. The van der Waals surface area contributed by atoms with E-state index >= 15 is 0 Å². The molecule has 0 heterocycles. The fraction of sp³-hybridized carbons (Fsp3) is 0.464. The van der Waals surface area contributed by atoms with Gasteiger partial charge < -0.3 is 9.84 Å². The van der Waals surface area contributed by atoms with Gasteiger partial charge in [-0.25, -0.2) is 4.79 Å². The Morgan fingerprint density at radius 2 is 1.68 bits per heavy atom. The van der Waals surface area contributed by atoms with Crippen molar-refractivity contribution in [2.75, 3.05) is 0 Å². The van der Waals surface area contributed by atoms with E-state index in [-0.39, 0.29) is 6.10 Å². The van der Waals surface area contributed by atoms with Crippen molar-refractivity contribution in [2.45, 2.75) is 85.7 Å². The smallest absolute Gasteiger partial charge is 0.336 e. The Morgan fingerprint density at radius 1 is 1.03 bits per heavy atom. The predicted octanol–water partition coefficient (Wildman–Crippen LogP) is 7.56. The Hall–Kier alpha value is -2.55. The molecule has 0 spiro atoms. The number of aryl methyl sites for hydroxylation is 2. The van der Waals surface area contributed by atoms with Gasteiger partial charge in [-0.2, -0.15) is 0 Å². The number of rotatable bonds is 12. The molecule has 0 unspecified atom stereocenters. The average molecular weight is 423 g/mol. The number of ether oxygens (including phenoxy) is 1. The van der Waals surface area contributed by atoms with Crippen LogP contribution in [0.3, 0.4) is 0 Å². The lowest BCUT2D eigenvalue weighted by Crippen LogP contribution is -2.12. The minimum absolute atomic E-state index is 0.0234. The molecular formula is C28H38O3. The highest BCUT2D eigenvalue weighted by molar-refractivity contribution is 5.92. The van der Waals surface area contributed by atoms with Crippen LogP contribution in [0, 0.1) is 13.8 Å². The Bertz CT molecular complexity index is 876. The van der Waals surface area contributed by atoms with E-state index in [0.717, 1.165) is 24.0 Å². The van der Waals surface area contributed by atoms with Crippen LogP contribution in [0.4, 0.5) is 0 Å². The maximum absolute atomic E-state index is 11.7. The number of unbranched alkanes of at least 4 members (excludes halogenated alkanes) is 4. The van der Waals surface area contributed by atoms with Crippen LogP contribution in [-0.2, 0) is 12.8 Å². The van der Waals surface area contributed by atoms with Crippen molar-refractivity contribution < 1.29 is 14.6 Å². The predicted molar refractivity (Wildman–Crippen MR) is 130 cm³/mol. The molecule has 2 rings (SSSR count). The number of aromatic carboxylic acids is 1. The zero-order valence-corrected chi connectivity index (χ0v) is 19.8. The third kappa shape index (κ3) is 7.57. The topological polar surface area (TPSA) is 46.5 Å². The molecule has 0 aliphatic rings. The molecule has 0 aliphatic carbocycles. The van der Waals surface area contributed by atoms with Gasteiger partial charge in [0, 0.05) is 11.1 Å². The van der Waals surface area contributed by atoms with Crippen LogP contribution in [0.2, 0.25) is 0 Å². The highest BCUT2D eigenvalue weighted by atomic mass is 16.5. The maximum Gasteiger partial charge on any atom is 0.336 e. The first-order valence-corrected chi connectivity index (χ1v) is 11.6.